The lowest BCUT2D eigenvalue weighted by molar-refractivity contribution is -0.0804. The van der Waals surface area contributed by atoms with Crippen LogP contribution in [-0.2, 0) is 16.8 Å². The van der Waals surface area contributed by atoms with Gasteiger partial charge in [0.2, 0.25) is 0 Å². The van der Waals surface area contributed by atoms with Gasteiger partial charge in [-0.1, -0.05) is 6.07 Å². The number of H-pyrrole nitrogens is 1. The first-order chi connectivity index (χ1) is 20.4. The lowest BCUT2D eigenvalue weighted by Crippen LogP contribution is -2.66. The lowest BCUT2D eigenvalue weighted by Gasteiger charge is -2.54. The highest BCUT2D eigenvalue weighted by Crippen LogP contribution is 2.38. The minimum Gasteiger partial charge on any atom is -0.362 e. The maximum Gasteiger partial charge on any atom is 0.141 e. The van der Waals surface area contributed by atoms with Crippen molar-refractivity contribution in [1.82, 2.24) is 39.4 Å². The Balaban J connectivity index is 1.12. The molecule has 2 saturated heterocycles. The third-order valence-corrected chi connectivity index (χ3v) is 8.60. The molecule has 42 heavy (non-hydrogen) atoms. The Bertz CT molecular complexity index is 1630. The highest BCUT2D eigenvalue weighted by Gasteiger charge is 2.48. The second-order valence-corrected chi connectivity index (χ2v) is 11.8. The van der Waals surface area contributed by atoms with E-state index in [0.29, 0.717) is 18.0 Å². The van der Waals surface area contributed by atoms with E-state index in [9.17, 15) is 10.5 Å². The highest BCUT2D eigenvalue weighted by molar-refractivity contribution is 5.90. The summed E-state index contributed by atoms with van der Waals surface area (Å²) in [7, 11) is 5.80. The monoisotopic (exact) mass is 564 g/mol. The molecular weight excluding hydrogens is 528 g/mol. The van der Waals surface area contributed by atoms with Crippen molar-refractivity contribution in [3.63, 3.8) is 0 Å². The summed E-state index contributed by atoms with van der Waals surface area (Å²) < 4.78 is 7.96. The molecule has 1 atom stereocenters. The Morgan fingerprint density at radius 2 is 1.98 bits per heavy atom. The number of aromatic nitrogens is 5. The number of nitriles is 2. The molecule has 0 aliphatic carbocycles. The first kappa shape index (κ1) is 28.0. The minimum absolute atomic E-state index is 0.190. The molecule has 0 radical (unpaired) electrons. The van der Waals surface area contributed by atoms with Crippen LogP contribution in [0.2, 0.25) is 0 Å². The fraction of sp³-hybridized carbons (Fsp3) is 0.452. The number of piperidine rings is 1. The predicted molar refractivity (Wildman–Crippen MR) is 158 cm³/mol. The van der Waals surface area contributed by atoms with Crippen molar-refractivity contribution >= 4 is 11.0 Å². The topological polar surface area (TPSA) is 126 Å². The van der Waals surface area contributed by atoms with Gasteiger partial charge in [0.15, 0.2) is 0 Å². The summed E-state index contributed by atoms with van der Waals surface area (Å²) in [6.07, 6.45) is 9.53. The van der Waals surface area contributed by atoms with E-state index in [2.05, 4.69) is 47.9 Å². The Kier molecular flexibility index (Phi) is 7.76. The number of rotatable bonds is 9. The number of ether oxygens (including phenoxy) is 1. The van der Waals surface area contributed by atoms with Gasteiger partial charge in [0.1, 0.15) is 23.7 Å². The van der Waals surface area contributed by atoms with Crippen LogP contribution < -0.4 is 0 Å². The van der Waals surface area contributed by atoms with Crippen LogP contribution in [0.15, 0.2) is 49.2 Å². The van der Waals surface area contributed by atoms with Crippen molar-refractivity contribution in [2.45, 2.75) is 43.6 Å². The van der Waals surface area contributed by atoms with Crippen LogP contribution in [0.25, 0.3) is 22.3 Å². The van der Waals surface area contributed by atoms with Gasteiger partial charge in [-0.15, -0.1) is 0 Å². The quantitative estimate of drug-likeness (QED) is 0.325. The maximum atomic E-state index is 9.72. The summed E-state index contributed by atoms with van der Waals surface area (Å²) in [6.45, 7) is 4.16. The standard InChI is InChI=1S/C31H36N10O/c1-38(2)17-23-12-22(15-33)13-24(14-23)30(42-3)39-10-5-26(6-11-39)40-19-31(20-40,7-8-32)41-18-25(16-37-41)28-27-4-9-34-29(27)36-21-35-28/h4,9,12-14,16,18,21,26,30H,5-7,10-11,17,19-20H2,1-3H3,(H,34,35,36). The van der Waals surface area contributed by atoms with Crippen LogP contribution in [0.1, 0.15) is 42.2 Å². The second-order valence-electron chi connectivity index (χ2n) is 11.8. The minimum atomic E-state index is -0.343. The van der Waals surface area contributed by atoms with Gasteiger partial charge in [-0.3, -0.25) is 14.5 Å². The van der Waals surface area contributed by atoms with Crippen LogP contribution >= 0.6 is 0 Å². The molecule has 0 spiro atoms. The Labute approximate surface area is 245 Å². The van der Waals surface area contributed by atoms with E-state index < -0.39 is 0 Å². The van der Waals surface area contributed by atoms with E-state index >= 15 is 0 Å². The molecule has 2 aliphatic rings. The van der Waals surface area contributed by atoms with Crippen molar-refractivity contribution in [2.75, 3.05) is 47.4 Å². The lowest BCUT2D eigenvalue weighted by atomic mass is 9.83. The summed E-state index contributed by atoms with van der Waals surface area (Å²) in [4.78, 5) is 18.9. The predicted octanol–water partition coefficient (Wildman–Crippen LogP) is 3.49. The SMILES string of the molecule is COC(c1cc(C#N)cc(CN(C)C)c1)N1CCC(N2CC(CC#N)(n3cc(-c4ncnc5[nH]ccc45)cn3)C2)CC1. The molecule has 11 heteroatoms. The first-order valence-corrected chi connectivity index (χ1v) is 14.3. The van der Waals surface area contributed by atoms with Crippen LogP contribution in [0.5, 0.6) is 0 Å². The van der Waals surface area contributed by atoms with Crippen molar-refractivity contribution < 1.29 is 4.74 Å². The van der Waals surface area contributed by atoms with Gasteiger partial charge >= 0.3 is 0 Å². The van der Waals surface area contributed by atoms with E-state index in [0.717, 1.165) is 79.0 Å². The van der Waals surface area contributed by atoms with Gasteiger partial charge in [-0.05, 0) is 56.3 Å². The summed E-state index contributed by atoms with van der Waals surface area (Å²) in [5, 5.41) is 25.0. The summed E-state index contributed by atoms with van der Waals surface area (Å²) >= 11 is 0. The van der Waals surface area contributed by atoms with Gasteiger partial charge in [-0.25, -0.2) is 9.97 Å². The number of benzene rings is 1. The second kappa shape index (κ2) is 11.6. The third kappa shape index (κ3) is 5.28. The summed E-state index contributed by atoms with van der Waals surface area (Å²) in [5.41, 5.74) is 5.01. The van der Waals surface area contributed by atoms with Crippen molar-refractivity contribution in [1.29, 1.82) is 10.5 Å². The number of hydrogen-bond acceptors (Lipinski definition) is 9. The van der Waals surface area contributed by atoms with Crippen molar-refractivity contribution in [2.24, 2.45) is 0 Å². The van der Waals surface area contributed by atoms with Crippen LogP contribution in [-0.4, -0.2) is 92.9 Å². The maximum absolute atomic E-state index is 9.72. The Hall–Kier alpha value is -4.13. The molecule has 2 aliphatic heterocycles. The molecule has 0 amide bonds. The van der Waals surface area contributed by atoms with Crippen LogP contribution in [0.4, 0.5) is 0 Å². The van der Waals surface area contributed by atoms with Gasteiger partial charge < -0.3 is 14.6 Å². The van der Waals surface area contributed by atoms with E-state index in [1.165, 1.54) is 0 Å². The largest absolute Gasteiger partial charge is 0.362 e. The molecule has 216 valence electrons. The van der Waals surface area contributed by atoms with Gasteiger partial charge in [0.05, 0.1) is 36.0 Å². The van der Waals surface area contributed by atoms with Crippen LogP contribution in [0.3, 0.4) is 0 Å². The zero-order valence-electron chi connectivity index (χ0n) is 24.4. The van der Waals surface area contributed by atoms with E-state index in [1.807, 2.05) is 55.6 Å². The number of nitrogens with zero attached hydrogens (tertiary/aromatic N) is 9. The fourth-order valence-corrected chi connectivity index (χ4v) is 6.62. The zero-order valence-corrected chi connectivity index (χ0v) is 24.4. The summed E-state index contributed by atoms with van der Waals surface area (Å²) in [5.74, 6) is 0. The number of likely N-dealkylation sites (tertiary alicyclic amines) is 2. The van der Waals surface area contributed by atoms with Crippen molar-refractivity contribution in [3.8, 4) is 23.4 Å². The smallest absolute Gasteiger partial charge is 0.141 e. The number of methoxy groups -OCH3 is 1. The molecule has 4 aromatic rings. The molecule has 1 N–H and O–H groups in total. The van der Waals surface area contributed by atoms with Crippen LogP contribution in [0, 0.1) is 22.7 Å². The molecule has 1 unspecified atom stereocenters. The number of aromatic amines is 1. The average molecular weight is 565 g/mol. The molecule has 2 fully saturated rings. The molecule has 6 rings (SSSR count). The molecule has 5 heterocycles. The van der Waals surface area contributed by atoms with Crippen molar-refractivity contribution in [3.05, 3.63) is 65.9 Å². The third-order valence-electron chi connectivity index (χ3n) is 8.60. The molecule has 3 aromatic heterocycles. The Morgan fingerprint density at radius 3 is 2.69 bits per heavy atom. The van der Waals surface area contributed by atoms with E-state index in [1.54, 1.807) is 13.4 Å². The number of nitrogens with one attached hydrogen (secondary N) is 1. The van der Waals surface area contributed by atoms with E-state index in [4.69, 9.17) is 9.84 Å². The zero-order chi connectivity index (χ0) is 29.3. The number of fused-ring (bicyclic) bond motifs is 1. The normalized spacial score (nSPS) is 18.5. The molecule has 1 aromatic carbocycles. The fourth-order valence-electron chi connectivity index (χ4n) is 6.62. The average Bonchev–Trinajstić information content (AvgIpc) is 3.66. The van der Waals surface area contributed by atoms with Gasteiger partial charge in [0.25, 0.3) is 0 Å². The molecule has 11 nitrogen and oxygen atoms in total. The number of hydrogen-bond donors (Lipinski definition) is 1. The van der Waals surface area contributed by atoms with Gasteiger partial charge in [0, 0.05) is 69.2 Å². The molecule has 0 saturated carbocycles. The van der Waals surface area contributed by atoms with E-state index in [-0.39, 0.29) is 11.8 Å². The summed E-state index contributed by atoms with van der Waals surface area (Å²) in [6, 6.07) is 13.2. The molecular formula is C31H36N10O. The Morgan fingerprint density at radius 1 is 1.17 bits per heavy atom. The highest BCUT2D eigenvalue weighted by atomic mass is 16.5. The molecule has 0 bridgehead atoms. The van der Waals surface area contributed by atoms with Gasteiger partial charge in [-0.2, -0.15) is 15.6 Å². The first-order valence-electron chi connectivity index (χ1n) is 14.3.